The molecule has 0 aliphatic rings. The summed E-state index contributed by atoms with van der Waals surface area (Å²) in [5.41, 5.74) is 5.28. The van der Waals surface area contributed by atoms with Crippen LogP contribution >= 0.6 is 11.6 Å². The molecule has 7 heteroatoms. The summed E-state index contributed by atoms with van der Waals surface area (Å²) in [4.78, 5) is 28.5. The molecule has 156 valence electrons. The second kappa shape index (κ2) is 8.17. The molecule has 0 aliphatic heterocycles. The summed E-state index contributed by atoms with van der Waals surface area (Å²) in [7, 11) is 0. The van der Waals surface area contributed by atoms with Crippen molar-refractivity contribution in [2.45, 2.75) is 0 Å². The van der Waals surface area contributed by atoms with Crippen LogP contribution in [0.3, 0.4) is 0 Å². The zero-order chi connectivity index (χ0) is 22.1. The van der Waals surface area contributed by atoms with Gasteiger partial charge in [-0.05, 0) is 30.3 Å². The molecule has 2 aromatic heterocycles. The van der Waals surface area contributed by atoms with E-state index >= 15 is 0 Å². The molecule has 6 nitrogen and oxygen atoms in total. The average Bonchev–Trinajstić information content (AvgIpc) is 3.17. The largest absolute Gasteiger partial charge is 0.422 e. The Kier molecular flexibility index (Phi) is 5.05. The summed E-state index contributed by atoms with van der Waals surface area (Å²) in [5.74, 6) is -0.432. The van der Waals surface area contributed by atoms with Crippen molar-refractivity contribution in [2.75, 3.05) is 0 Å². The fourth-order valence-corrected chi connectivity index (χ4v) is 3.83. The van der Waals surface area contributed by atoms with E-state index in [1.165, 1.54) is 6.21 Å². The van der Waals surface area contributed by atoms with E-state index < -0.39 is 11.5 Å². The van der Waals surface area contributed by atoms with Gasteiger partial charge in [-0.25, -0.2) is 10.2 Å². The number of carbonyl (C=O) groups excluding carboxylic acids is 1. The number of hydrogen-bond acceptors (Lipinski definition) is 4. The van der Waals surface area contributed by atoms with Gasteiger partial charge >= 0.3 is 5.63 Å². The Hall–Kier alpha value is -4.16. The molecular formula is C25H16ClN3O3. The number of fused-ring (bicyclic) bond motifs is 2. The Bertz CT molecular complexity index is 1570. The van der Waals surface area contributed by atoms with Gasteiger partial charge in [-0.3, -0.25) is 4.79 Å². The molecule has 0 aliphatic carbocycles. The summed E-state index contributed by atoms with van der Waals surface area (Å²) in [5, 5.41) is 6.11. The summed E-state index contributed by atoms with van der Waals surface area (Å²) < 4.78 is 5.51. The van der Waals surface area contributed by atoms with E-state index in [1.807, 2.05) is 42.5 Å². The Balaban J connectivity index is 1.58. The molecule has 2 heterocycles. The first-order valence-corrected chi connectivity index (χ1v) is 10.2. The van der Waals surface area contributed by atoms with E-state index in [4.69, 9.17) is 16.0 Å². The molecular weight excluding hydrogens is 426 g/mol. The Morgan fingerprint density at radius 2 is 1.75 bits per heavy atom. The molecule has 0 radical (unpaired) electrons. The number of nitrogens with one attached hydrogen (secondary N) is 2. The molecule has 2 N–H and O–H groups in total. The van der Waals surface area contributed by atoms with Gasteiger partial charge in [-0.1, -0.05) is 60.1 Å². The summed E-state index contributed by atoms with van der Waals surface area (Å²) in [6.45, 7) is 0. The van der Waals surface area contributed by atoms with Crippen LogP contribution in [0.2, 0.25) is 5.02 Å². The smallest absolute Gasteiger partial charge is 0.345 e. The third-order valence-electron chi connectivity index (χ3n) is 5.14. The fraction of sp³-hybridized carbons (Fsp3) is 0. The topological polar surface area (TPSA) is 87.5 Å². The SMILES string of the molecule is O=C(N/N=C/c1c(-c2cc3ccccc3oc2=O)[nH]c2ccccc12)c1ccccc1Cl. The first-order chi connectivity index (χ1) is 15.6. The number of aromatic amines is 1. The van der Waals surface area contributed by atoms with Crippen LogP contribution in [0.4, 0.5) is 0 Å². The standard InChI is InChI=1S/C25H16ClN3O3/c26-20-10-4-2-9-17(20)24(30)29-27-14-19-16-8-3-5-11-21(16)28-23(19)18-13-15-7-1-6-12-22(15)32-25(18)31/h1-14,28H,(H,29,30)/b27-14+. The van der Waals surface area contributed by atoms with E-state index in [1.54, 1.807) is 36.4 Å². The molecule has 5 rings (SSSR count). The summed E-state index contributed by atoms with van der Waals surface area (Å²) in [6, 6.07) is 23.4. The van der Waals surface area contributed by atoms with Crippen LogP contribution in [0.1, 0.15) is 15.9 Å². The van der Waals surface area contributed by atoms with Gasteiger partial charge in [0.15, 0.2) is 0 Å². The van der Waals surface area contributed by atoms with Crippen molar-refractivity contribution in [1.82, 2.24) is 10.4 Å². The van der Waals surface area contributed by atoms with E-state index in [0.717, 1.165) is 16.3 Å². The number of amides is 1. The van der Waals surface area contributed by atoms with Crippen LogP contribution in [0.5, 0.6) is 0 Å². The van der Waals surface area contributed by atoms with E-state index in [2.05, 4.69) is 15.5 Å². The molecule has 1 amide bonds. The second-order valence-electron chi connectivity index (χ2n) is 7.12. The zero-order valence-electron chi connectivity index (χ0n) is 16.6. The highest BCUT2D eigenvalue weighted by atomic mass is 35.5. The lowest BCUT2D eigenvalue weighted by Gasteiger charge is -2.03. The van der Waals surface area contributed by atoms with Crippen molar-refractivity contribution in [1.29, 1.82) is 0 Å². The zero-order valence-corrected chi connectivity index (χ0v) is 17.4. The third-order valence-corrected chi connectivity index (χ3v) is 5.46. The highest BCUT2D eigenvalue weighted by Crippen LogP contribution is 2.29. The van der Waals surface area contributed by atoms with Crippen molar-refractivity contribution in [3.8, 4) is 11.3 Å². The normalized spacial score (nSPS) is 11.4. The quantitative estimate of drug-likeness (QED) is 0.223. The van der Waals surface area contributed by atoms with Gasteiger partial charge in [0.05, 0.1) is 28.1 Å². The Morgan fingerprint density at radius 1 is 1.00 bits per heavy atom. The molecule has 0 fully saturated rings. The van der Waals surface area contributed by atoms with Crippen LogP contribution in [0, 0.1) is 0 Å². The van der Waals surface area contributed by atoms with Crippen molar-refractivity contribution in [2.24, 2.45) is 5.10 Å². The second-order valence-corrected chi connectivity index (χ2v) is 7.53. The summed E-state index contributed by atoms with van der Waals surface area (Å²) in [6.07, 6.45) is 1.51. The van der Waals surface area contributed by atoms with Gasteiger partial charge < -0.3 is 9.40 Å². The molecule has 0 atom stereocenters. The maximum Gasteiger partial charge on any atom is 0.345 e. The monoisotopic (exact) mass is 441 g/mol. The number of carbonyl (C=O) groups is 1. The Labute approximate surface area is 187 Å². The molecule has 0 spiro atoms. The molecule has 3 aromatic carbocycles. The first kappa shape index (κ1) is 19.8. The predicted molar refractivity (Wildman–Crippen MR) is 126 cm³/mol. The van der Waals surface area contributed by atoms with E-state index in [0.29, 0.717) is 33.0 Å². The number of aromatic nitrogens is 1. The van der Waals surface area contributed by atoms with Gasteiger partial charge in [0, 0.05) is 21.9 Å². The van der Waals surface area contributed by atoms with Gasteiger partial charge in [-0.2, -0.15) is 5.10 Å². The highest BCUT2D eigenvalue weighted by molar-refractivity contribution is 6.33. The number of nitrogens with zero attached hydrogens (tertiary/aromatic N) is 1. The summed E-state index contributed by atoms with van der Waals surface area (Å²) >= 11 is 6.08. The number of hydrogen-bond donors (Lipinski definition) is 2. The predicted octanol–water partition coefficient (Wildman–Crippen LogP) is 5.36. The van der Waals surface area contributed by atoms with Crippen LogP contribution < -0.4 is 11.1 Å². The minimum Gasteiger partial charge on any atom is -0.422 e. The number of benzene rings is 3. The molecule has 5 aromatic rings. The van der Waals surface area contributed by atoms with Crippen molar-refractivity contribution in [3.63, 3.8) is 0 Å². The van der Waals surface area contributed by atoms with Crippen LogP contribution in [0.25, 0.3) is 33.1 Å². The number of rotatable bonds is 4. The van der Waals surface area contributed by atoms with Crippen molar-refractivity contribution in [3.05, 3.63) is 105 Å². The molecule has 32 heavy (non-hydrogen) atoms. The van der Waals surface area contributed by atoms with Gasteiger partial charge in [0.25, 0.3) is 5.91 Å². The fourth-order valence-electron chi connectivity index (χ4n) is 3.61. The first-order valence-electron chi connectivity index (χ1n) is 9.84. The number of halogens is 1. The highest BCUT2D eigenvalue weighted by Gasteiger charge is 2.16. The third kappa shape index (κ3) is 3.57. The van der Waals surface area contributed by atoms with E-state index in [-0.39, 0.29) is 0 Å². The lowest BCUT2D eigenvalue weighted by molar-refractivity contribution is 0.0955. The molecule has 0 saturated carbocycles. The lowest BCUT2D eigenvalue weighted by Crippen LogP contribution is -2.18. The van der Waals surface area contributed by atoms with Crippen LogP contribution in [0.15, 0.2) is 93.2 Å². The lowest BCUT2D eigenvalue weighted by atomic mass is 10.1. The molecule has 0 saturated heterocycles. The van der Waals surface area contributed by atoms with Crippen LogP contribution in [-0.4, -0.2) is 17.1 Å². The van der Waals surface area contributed by atoms with Crippen molar-refractivity contribution < 1.29 is 9.21 Å². The molecule has 0 bridgehead atoms. The number of H-pyrrole nitrogens is 1. The van der Waals surface area contributed by atoms with Gasteiger partial charge in [0.1, 0.15) is 5.58 Å². The van der Waals surface area contributed by atoms with Crippen LogP contribution in [-0.2, 0) is 0 Å². The maximum absolute atomic E-state index is 12.8. The minimum absolute atomic E-state index is 0.320. The van der Waals surface area contributed by atoms with Gasteiger partial charge in [-0.15, -0.1) is 0 Å². The number of para-hydroxylation sites is 2. The van der Waals surface area contributed by atoms with E-state index in [9.17, 15) is 9.59 Å². The molecule has 0 unspecified atom stereocenters. The maximum atomic E-state index is 12.8. The average molecular weight is 442 g/mol. The Morgan fingerprint density at radius 3 is 2.62 bits per heavy atom. The minimum atomic E-state index is -0.468. The number of hydrazone groups is 1. The van der Waals surface area contributed by atoms with Crippen molar-refractivity contribution >= 4 is 45.6 Å². The van der Waals surface area contributed by atoms with Gasteiger partial charge in [0.2, 0.25) is 0 Å².